The Bertz CT molecular complexity index is 479. The lowest BCUT2D eigenvalue weighted by molar-refractivity contribution is -0.116. The predicted octanol–water partition coefficient (Wildman–Crippen LogP) is 3.55. The van der Waals surface area contributed by atoms with Gasteiger partial charge in [0.15, 0.2) is 0 Å². The average Bonchev–Trinajstić information content (AvgIpc) is 2.95. The van der Waals surface area contributed by atoms with Gasteiger partial charge in [-0.05, 0) is 43.2 Å². The molecule has 0 aliphatic carbocycles. The van der Waals surface area contributed by atoms with Crippen LogP contribution >= 0.6 is 23.4 Å². The Kier molecular flexibility index (Phi) is 6.67. The van der Waals surface area contributed by atoms with E-state index < -0.39 is 0 Å². The number of amides is 1. The van der Waals surface area contributed by atoms with Crippen molar-refractivity contribution >= 4 is 40.6 Å². The van der Waals surface area contributed by atoms with Gasteiger partial charge in [-0.15, -0.1) is 0 Å². The van der Waals surface area contributed by atoms with Crippen molar-refractivity contribution in [3.05, 3.63) is 23.2 Å². The second kappa shape index (κ2) is 8.51. The quantitative estimate of drug-likeness (QED) is 0.593. The Balaban J connectivity index is 1.60. The molecule has 1 aromatic carbocycles. The van der Waals surface area contributed by atoms with Gasteiger partial charge in [0.25, 0.3) is 0 Å². The summed E-state index contributed by atoms with van der Waals surface area (Å²) in [5.41, 5.74) is 6.81. The number of rotatable bonds is 7. The molecule has 1 atom stereocenters. The maximum atomic E-state index is 11.8. The third-order valence-corrected chi connectivity index (χ3v) is 4.79. The minimum Gasteiger partial charge on any atom is -0.399 e. The number of ether oxygens (including phenoxy) is 1. The van der Waals surface area contributed by atoms with Crippen molar-refractivity contribution in [2.45, 2.75) is 31.8 Å². The van der Waals surface area contributed by atoms with Gasteiger partial charge in [0.05, 0.1) is 16.8 Å². The highest BCUT2D eigenvalue weighted by molar-refractivity contribution is 7.99. The summed E-state index contributed by atoms with van der Waals surface area (Å²) in [5.74, 6) is 1.99. The number of halogens is 1. The zero-order valence-corrected chi connectivity index (χ0v) is 13.5. The molecular weight excluding hydrogens is 308 g/mol. The Morgan fingerprint density at radius 3 is 3.10 bits per heavy atom. The summed E-state index contributed by atoms with van der Waals surface area (Å²) < 4.78 is 5.56. The highest BCUT2D eigenvalue weighted by atomic mass is 35.5. The first kappa shape index (κ1) is 16.5. The second-order valence-electron chi connectivity index (χ2n) is 5.10. The maximum Gasteiger partial charge on any atom is 0.224 e. The van der Waals surface area contributed by atoms with Crippen LogP contribution in [0.5, 0.6) is 0 Å². The van der Waals surface area contributed by atoms with Crippen molar-refractivity contribution in [1.82, 2.24) is 0 Å². The summed E-state index contributed by atoms with van der Waals surface area (Å²) >= 11 is 7.87. The Hall–Kier alpha value is -0.910. The van der Waals surface area contributed by atoms with Crippen LogP contribution in [0.3, 0.4) is 0 Å². The highest BCUT2D eigenvalue weighted by Crippen LogP contribution is 2.24. The molecule has 0 radical (unpaired) electrons. The molecule has 1 amide bonds. The van der Waals surface area contributed by atoms with E-state index in [9.17, 15) is 4.79 Å². The van der Waals surface area contributed by atoms with Gasteiger partial charge in [-0.1, -0.05) is 11.6 Å². The average molecular weight is 329 g/mol. The van der Waals surface area contributed by atoms with Crippen LogP contribution in [0.2, 0.25) is 5.02 Å². The number of hydrogen-bond acceptors (Lipinski definition) is 4. The van der Waals surface area contributed by atoms with Crippen molar-refractivity contribution in [2.75, 3.05) is 29.2 Å². The number of thioether (sulfide) groups is 1. The van der Waals surface area contributed by atoms with Crippen molar-refractivity contribution in [3.63, 3.8) is 0 Å². The van der Waals surface area contributed by atoms with Crippen LogP contribution in [0.1, 0.15) is 25.7 Å². The number of nitrogens with one attached hydrogen (secondary N) is 1. The van der Waals surface area contributed by atoms with Crippen LogP contribution in [0.4, 0.5) is 11.4 Å². The Morgan fingerprint density at radius 2 is 2.38 bits per heavy atom. The number of nitrogen functional groups attached to an aromatic ring is 1. The van der Waals surface area contributed by atoms with Crippen LogP contribution in [0.25, 0.3) is 0 Å². The molecule has 3 N–H and O–H groups in total. The van der Waals surface area contributed by atoms with Gasteiger partial charge in [-0.3, -0.25) is 4.79 Å². The molecule has 1 fully saturated rings. The molecule has 0 aromatic heterocycles. The van der Waals surface area contributed by atoms with E-state index in [2.05, 4.69) is 5.32 Å². The molecule has 4 nitrogen and oxygen atoms in total. The van der Waals surface area contributed by atoms with E-state index in [4.69, 9.17) is 22.1 Å². The molecule has 1 aromatic rings. The molecule has 1 saturated heterocycles. The molecule has 6 heteroatoms. The molecule has 1 aliphatic rings. The summed E-state index contributed by atoms with van der Waals surface area (Å²) in [4.78, 5) is 11.8. The number of carbonyl (C=O) groups is 1. The lowest BCUT2D eigenvalue weighted by Crippen LogP contribution is -2.12. The van der Waals surface area contributed by atoms with Gasteiger partial charge in [0.1, 0.15) is 0 Å². The fraction of sp³-hybridized carbons (Fsp3) is 0.533. The summed E-state index contributed by atoms with van der Waals surface area (Å²) in [7, 11) is 0. The normalized spacial score (nSPS) is 17.9. The minimum absolute atomic E-state index is 0.0145. The first-order valence-electron chi connectivity index (χ1n) is 7.19. The summed E-state index contributed by atoms with van der Waals surface area (Å²) in [5, 5.41) is 3.28. The van der Waals surface area contributed by atoms with Crippen LogP contribution in [-0.2, 0) is 9.53 Å². The fourth-order valence-electron chi connectivity index (χ4n) is 2.17. The van der Waals surface area contributed by atoms with Gasteiger partial charge in [0.2, 0.25) is 5.91 Å². The smallest absolute Gasteiger partial charge is 0.224 e. The van der Waals surface area contributed by atoms with Gasteiger partial charge in [-0.2, -0.15) is 11.8 Å². The molecule has 2 rings (SSSR count). The van der Waals surface area contributed by atoms with E-state index in [0.717, 1.165) is 24.5 Å². The minimum atomic E-state index is -0.0145. The lowest BCUT2D eigenvalue weighted by atomic mass is 10.2. The predicted molar refractivity (Wildman–Crippen MR) is 90.0 cm³/mol. The van der Waals surface area contributed by atoms with E-state index >= 15 is 0 Å². The van der Waals surface area contributed by atoms with Crippen LogP contribution < -0.4 is 11.1 Å². The standard InChI is InChI=1S/C15H21ClN2O2S/c16-13-9-11(17)5-6-14(13)18-15(19)4-2-8-21-10-12-3-1-7-20-12/h5-6,9,12H,1-4,7-8,10,17H2,(H,18,19). The largest absolute Gasteiger partial charge is 0.399 e. The fourth-order valence-corrected chi connectivity index (χ4v) is 3.45. The highest BCUT2D eigenvalue weighted by Gasteiger charge is 2.14. The van der Waals surface area contributed by atoms with E-state index in [1.165, 1.54) is 12.8 Å². The molecule has 0 spiro atoms. The molecule has 0 bridgehead atoms. The molecule has 1 heterocycles. The number of benzene rings is 1. The second-order valence-corrected chi connectivity index (χ2v) is 6.66. The molecule has 0 saturated carbocycles. The first-order chi connectivity index (χ1) is 10.1. The number of nitrogens with two attached hydrogens (primary N) is 1. The zero-order chi connectivity index (χ0) is 15.1. The molecule has 1 aliphatic heterocycles. The number of anilines is 2. The summed E-state index contributed by atoms with van der Waals surface area (Å²) in [6.07, 6.45) is 4.12. The Morgan fingerprint density at radius 1 is 1.52 bits per heavy atom. The SMILES string of the molecule is Nc1ccc(NC(=O)CCCSCC2CCCO2)c(Cl)c1. The van der Waals surface area contributed by atoms with Crippen molar-refractivity contribution < 1.29 is 9.53 Å². The molecule has 1 unspecified atom stereocenters. The van der Waals surface area contributed by atoms with E-state index in [-0.39, 0.29) is 5.91 Å². The van der Waals surface area contributed by atoms with E-state index in [1.54, 1.807) is 18.2 Å². The number of carbonyl (C=O) groups excluding carboxylic acids is 1. The molecule has 116 valence electrons. The van der Waals surface area contributed by atoms with Gasteiger partial charge in [-0.25, -0.2) is 0 Å². The van der Waals surface area contributed by atoms with Crippen LogP contribution in [-0.4, -0.2) is 30.1 Å². The first-order valence-corrected chi connectivity index (χ1v) is 8.72. The van der Waals surface area contributed by atoms with Crippen molar-refractivity contribution in [3.8, 4) is 0 Å². The van der Waals surface area contributed by atoms with Crippen molar-refractivity contribution in [1.29, 1.82) is 0 Å². The molecule has 21 heavy (non-hydrogen) atoms. The summed E-state index contributed by atoms with van der Waals surface area (Å²) in [6.45, 7) is 0.899. The van der Waals surface area contributed by atoms with Crippen molar-refractivity contribution in [2.24, 2.45) is 0 Å². The van der Waals surface area contributed by atoms with Gasteiger partial charge < -0.3 is 15.8 Å². The number of hydrogen-bond donors (Lipinski definition) is 2. The van der Waals surface area contributed by atoms with Gasteiger partial charge >= 0.3 is 0 Å². The van der Waals surface area contributed by atoms with Gasteiger partial charge in [0, 0.05) is 24.5 Å². The maximum absolute atomic E-state index is 11.8. The van der Waals surface area contributed by atoms with Crippen LogP contribution in [0.15, 0.2) is 18.2 Å². The summed E-state index contributed by atoms with van der Waals surface area (Å²) in [6, 6.07) is 5.08. The monoisotopic (exact) mass is 328 g/mol. The zero-order valence-electron chi connectivity index (χ0n) is 11.9. The van der Waals surface area contributed by atoms with Crippen LogP contribution in [0, 0.1) is 0 Å². The van der Waals surface area contributed by atoms with E-state index in [0.29, 0.717) is 28.9 Å². The third kappa shape index (κ3) is 5.77. The molecular formula is C15H21ClN2O2S. The third-order valence-electron chi connectivity index (χ3n) is 3.29. The van der Waals surface area contributed by atoms with E-state index in [1.807, 2.05) is 11.8 Å². The Labute approximate surface area is 134 Å². The lowest BCUT2D eigenvalue weighted by Gasteiger charge is -2.09. The topological polar surface area (TPSA) is 64.3 Å².